The maximum Gasteiger partial charge on any atom is 0.131 e. The van der Waals surface area contributed by atoms with Crippen molar-refractivity contribution in [2.24, 2.45) is 0 Å². The van der Waals surface area contributed by atoms with Crippen molar-refractivity contribution in [1.29, 1.82) is 0 Å². The first kappa shape index (κ1) is 11.9. The van der Waals surface area contributed by atoms with Gasteiger partial charge in [0.2, 0.25) is 0 Å². The molecule has 0 heterocycles. The lowest BCUT2D eigenvalue weighted by Crippen LogP contribution is -2.19. The zero-order valence-electron chi connectivity index (χ0n) is 9.21. The summed E-state index contributed by atoms with van der Waals surface area (Å²) in [6.07, 6.45) is 0. The summed E-state index contributed by atoms with van der Waals surface area (Å²) < 4.78 is 18.5. The zero-order valence-corrected chi connectivity index (χ0v) is 9.21. The third-order valence-corrected chi connectivity index (χ3v) is 2.08. The Bertz CT molecular complexity index is 317. The van der Waals surface area contributed by atoms with E-state index in [4.69, 9.17) is 9.57 Å². The summed E-state index contributed by atoms with van der Waals surface area (Å²) in [6.45, 7) is 4.24. The summed E-state index contributed by atoms with van der Waals surface area (Å²) in [5.41, 5.74) is 3.31. The third-order valence-electron chi connectivity index (χ3n) is 2.08. The van der Waals surface area contributed by atoms with Gasteiger partial charge in [0.1, 0.15) is 11.6 Å². The Morgan fingerprint density at radius 3 is 2.73 bits per heavy atom. The molecule has 1 unspecified atom stereocenters. The number of rotatable bonds is 5. The molecule has 0 aliphatic heterocycles. The van der Waals surface area contributed by atoms with Crippen LogP contribution in [-0.2, 0) is 4.84 Å². The molecule has 4 heteroatoms. The molecule has 1 aromatic carbocycles. The monoisotopic (exact) mass is 213 g/mol. The van der Waals surface area contributed by atoms with Crippen LogP contribution in [0.1, 0.15) is 25.5 Å². The summed E-state index contributed by atoms with van der Waals surface area (Å²) in [7, 11) is 1.51. The number of ether oxygens (including phenoxy) is 1. The quantitative estimate of drug-likeness (QED) is 0.762. The molecule has 0 aromatic heterocycles. The zero-order chi connectivity index (χ0) is 11.3. The van der Waals surface area contributed by atoms with Crippen LogP contribution in [0.5, 0.6) is 5.75 Å². The van der Waals surface area contributed by atoms with Gasteiger partial charge in [-0.2, -0.15) is 5.48 Å². The minimum absolute atomic E-state index is 0.184. The van der Waals surface area contributed by atoms with Crippen LogP contribution in [0.4, 0.5) is 4.39 Å². The maximum atomic E-state index is 13.5. The fourth-order valence-electron chi connectivity index (χ4n) is 1.26. The van der Waals surface area contributed by atoms with Crippen molar-refractivity contribution in [1.82, 2.24) is 5.48 Å². The summed E-state index contributed by atoms with van der Waals surface area (Å²) in [5, 5.41) is 0. The molecule has 0 spiro atoms. The fraction of sp³-hybridized carbons (Fsp3) is 0.455. The average Bonchev–Trinajstić information content (AvgIpc) is 2.25. The molecule has 1 rings (SSSR count). The number of halogens is 1. The maximum absolute atomic E-state index is 13.5. The predicted molar refractivity (Wildman–Crippen MR) is 56.1 cm³/mol. The van der Waals surface area contributed by atoms with Crippen LogP contribution in [-0.4, -0.2) is 13.7 Å². The van der Waals surface area contributed by atoms with E-state index in [0.717, 1.165) is 0 Å². The Morgan fingerprint density at radius 1 is 1.47 bits per heavy atom. The topological polar surface area (TPSA) is 30.5 Å². The lowest BCUT2D eigenvalue weighted by atomic mass is 10.1. The van der Waals surface area contributed by atoms with E-state index in [1.165, 1.54) is 13.2 Å². The molecule has 0 aliphatic rings. The molecule has 0 radical (unpaired) electrons. The number of benzene rings is 1. The van der Waals surface area contributed by atoms with Crippen molar-refractivity contribution in [3.8, 4) is 5.75 Å². The van der Waals surface area contributed by atoms with Crippen LogP contribution >= 0.6 is 0 Å². The van der Waals surface area contributed by atoms with Crippen molar-refractivity contribution in [2.45, 2.75) is 19.9 Å². The Kier molecular flexibility index (Phi) is 4.52. The second kappa shape index (κ2) is 5.68. The van der Waals surface area contributed by atoms with E-state index in [9.17, 15) is 4.39 Å². The van der Waals surface area contributed by atoms with E-state index in [1.807, 2.05) is 13.8 Å². The van der Waals surface area contributed by atoms with Crippen LogP contribution in [0, 0.1) is 5.82 Å². The normalized spacial score (nSPS) is 12.5. The van der Waals surface area contributed by atoms with Gasteiger partial charge in [-0.15, -0.1) is 0 Å². The molecule has 0 bridgehead atoms. The van der Waals surface area contributed by atoms with E-state index in [1.54, 1.807) is 12.1 Å². The SMILES string of the molecule is CCONC(C)c1ccc(OC)cc1F. The average molecular weight is 213 g/mol. The van der Waals surface area contributed by atoms with Gasteiger partial charge in [-0.05, 0) is 19.9 Å². The largest absolute Gasteiger partial charge is 0.497 e. The van der Waals surface area contributed by atoms with Crippen molar-refractivity contribution < 1.29 is 14.0 Å². The molecule has 84 valence electrons. The number of hydrogen-bond donors (Lipinski definition) is 1. The number of nitrogens with one attached hydrogen (secondary N) is 1. The molecule has 0 fully saturated rings. The minimum atomic E-state index is -0.297. The highest BCUT2D eigenvalue weighted by Gasteiger charge is 2.11. The molecule has 0 aliphatic carbocycles. The second-order valence-electron chi connectivity index (χ2n) is 3.16. The third kappa shape index (κ3) is 3.18. The summed E-state index contributed by atoms with van der Waals surface area (Å²) in [5.74, 6) is 0.217. The van der Waals surface area contributed by atoms with Crippen LogP contribution in [0.25, 0.3) is 0 Å². The molecule has 0 saturated carbocycles. The highest BCUT2D eigenvalue weighted by molar-refractivity contribution is 5.30. The Morgan fingerprint density at radius 2 is 2.20 bits per heavy atom. The summed E-state index contributed by atoms with van der Waals surface area (Å²) in [6, 6.07) is 4.59. The minimum Gasteiger partial charge on any atom is -0.497 e. The van der Waals surface area contributed by atoms with Gasteiger partial charge in [0.25, 0.3) is 0 Å². The Balaban J connectivity index is 2.76. The molecule has 15 heavy (non-hydrogen) atoms. The van der Waals surface area contributed by atoms with Gasteiger partial charge >= 0.3 is 0 Å². The highest BCUT2D eigenvalue weighted by Crippen LogP contribution is 2.21. The molecule has 0 saturated heterocycles. The van der Waals surface area contributed by atoms with Gasteiger partial charge in [0.05, 0.1) is 19.8 Å². The first-order valence-electron chi connectivity index (χ1n) is 4.89. The van der Waals surface area contributed by atoms with Gasteiger partial charge in [-0.1, -0.05) is 6.07 Å². The Labute approximate surface area is 89.2 Å². The van der Waals surface area contributed by atoms with Gasteiger partial charge in [0, 0.05) is 11.6 Å². The van der Waals surface area contributed by atoms with Gasteiger partial charge in [-0.3, -0.25) is 0 Å². The predicted octanol–water partition coefficient (Wildman–Crippen LogP) is 2.44. The molecule has 1 aromatic rings. The lowest BCUT2D eigenvalue weighted by Gasteiger charge is -2.14. The molecular formula is C11H16FNO2. The van der Waals surface area contributed by atoms with Crippen molar-refractivity contribution in [3.05, 3.63) is 29.6 Å². The number of hydroxylamine groups is 1. The van der Waals surface area contributed by atoms with E-state index in [2.05, 4.69) is 5.48 Å². The lowest BCUT2D eigenvalue weighted by molar-refractivity contribution is 0.0277. The molecule has 1 N–H and O–H groups in total. The summed E-state index contributed by atoms with van der Waals surface area (Å²) >= 11 is 0. The van der Waals surface area contributed by atoms with Crippen LogP contribution < -0.4 is 10.2 Å². The number of methoxy groups -OCH3 is 1. The van der Waals surface area contributed by atoms with Crippen LogP contribution in [0.2, 0.25) is 0 Å². The van der Waals surface area contributed by atoms with E-state index >= 15 is 0 Å². The molecule has 3 nitrogen and oxygen atoms in total. The van der Waals surface area contributed by atoms with E-state index in [-0.39, 0.29) is 11.9 Å². The molecule has 1 atom stereocenters. The first-order chi connectivity index (χ1) is 7.19. The van der Waals surface area contributed by atoms with Crippen molar-refractivity contribution in [2.75, 3.05) is 13.7 Å². The smallest absolute Gasteiger partial charge is 0.131 e. The van der Waals surface area contributed by atoms with E-state index in [0.29, 0.717) is 17.9 Å². The van der Waals surface area contributed by atoms with Crippen molar-refractivity contribution >= 4 is 0 Å². The second-order valence-corrected chi connectivity index (χ2v) is 3.16. The standard InChI is InChI=1S/C11H16FNO2/c1-4-15-13-8(2)10-6-5-9(14-3)7-11(10)12/h5-8,13H,4H2,1-3H3. The van der Waals surface area contributed by atoms with E-state index < -0.39 is 0 Å². The van der Waals surface area contributed by atoms with Gasteiger partial charge < -0.3 is 9.57 Å². The van der Waals surface area contributed by atoms with Crippen LogP contribution in [0.3, 0.4) is 0 Å². The van der Waals surface area contributed by atoms with Gasteiger partial charge in [0.15, 0.2) is 0 Å². The van der Waals surface area contributed by atoms with Crippen LogP contribution in [0.15, 0.2) is 18.2 Å². The summed E-state index contributed by atoms with van der Waals surface area (Å²) in [4.78, 5) is 5.01. The fourth-order valence-corrected chi connectivity index (χ4v) is 1.26. The molecular weight excluding hydrogens is 197 g/mol. The highest BCUT2D eigenvalue weighted by atomic mass is 19.1. The first-order valence-corrected chi connectivity index (χ1v) is 4.89. The van der Waals surface area contributed by atoms with Crippen molar-refractivity contribution in [3.63, 3.8) is 0 Å². The molecule has 0 amide bonds. The number of hydrogen-bond acceptors (Lipinski definition) is 3. The Hall–Kier alpha value is -1.13. The van der Waals surface area contributed by atoms with Gasteiger partial charge in [-0.25, -0.2) is 4.39 Å².